The van der Waals surface area contributed by atoms with Crippen LogP contribution in [0.2, 0.25) is 0 Å². The molecule has 166 valence electrons. The lowest BCUT2D eigenvalue weighted by atomic mass is 9.85. The van der Waals surface area contributed by atoms with Crippen LogP contribution in [0, 0.1) is 18.6 Å². The van der Waals surface area contributed by atoms with Gasteiger partial charge in [-0.25, -0.2) is 13.8 Å². The lowest BCUT2D eigenvalue weighted by Crippen LogP contribution is -2.25. The molecule has 2 aromatic heterocycles. The highest BCUT2D eigenvalue weighted by Crippen LogP contribution is 2.40. The van der Waals surface area contributed by atoms with Gasteiger partial charge in [0.15, 0.2) is 0 Å². The third-order valence-corrected chi connectivity index (χ3v) is 5.51. The molecular weight excluding hydrogens is 430 g/mol. The highest BCUT2D eigenvalue weighted by atomic mass is 19.1. The maximum Gasteiger partial charge on any atom is 0.272 e. The van der Waals surface area contributed by atoms with Gasteiger partial charge in [0, 0.05) is 29.5 Å². The summed E-state index contributed by atoms with van der Waals surface area (Å²) in [4.78, 5) is 17.1. The third-order valence-electron chi connectivity index (χ3n) is 5.51. The molecule has 0 aliphatic carbocycles. The minimum atomic E-state index is -0.706. The molecule has 0 fully saturated rings. The minimum absolute atomic E-state index is 0.0351. The number of amides is 1. The molecule has 0 saturated heterocycles. The van der Waals surface area contributed by atoms with Crippen molar-refractivity contribution in [3.05, 3.63) is 77.1 Å². The van der Waals surface area contributed by atoms with Crippen LogP contribution in [0.15, 0.2) is 48.7 Å². The van der Waals surface area contributed by atoms with Gasteiger partial charge >= 0.3 is 0 Å². The summed E-state index contributed by atoms with van der Waals surface area (Å²) in [5, 5.41) is 15.4. The van der Waals surface area contributed by atoms with Gasteiger partial charge in [-0.1, -0.05) is 0 Å². The molecule has 1 aliphatic rings. The summed E-state index contributed by atoms with van der Waals surface area (Å²) in [6.07, 6.45) is 1.55. The lowest BCUT2D eigenvalue weighted by Gasteiger charge is -2.24. The van der Waals surface area contributed by atoms with Gasteiger partial charge in [0.05, 0.1) is 24.7 Å². The summed E-state index contributed by atoms with van der Waals surface area (Å²) in [5.41, 5.74) is 2.94. The standard InChI is InChI=1S/C23H18F2N6O2/c1-12-21-18(14-7-15(24)9-16(25)8-14)10-20(32)28-22(21)31(30-12)23-27-19(11-26-29-23)13-3-5-17(33-2)6-4-13/h3-9,11,18H,10H2,1-2H3,(H,28,32)/t18-/m0/s1. The van der Waals surface area contributed by atoms with Gasteiger partial charge in [0.1, 0.15) is 23.2 Å². The van der Waals surface area contributed by atoms with Crippen molar-refractivity contribution in [2.45, 2.75) is 19.3 Å². The van der Waals surface area contributed by atoms with E-state index in [1.54, 1.807) is 26.2 Å². The van der Waals surface area contributed by atoms with Gasteiger partial charge in [-0.3, -0.25) is 4.79 Å². The molecule has 3 heterocycles. The van der Waals surface area contributed by atoms with Crippen LogP contribution in [0.3, 0.4) is 0 Å². The van der Waals surface area contributed by atoms with Crippen molar-refractivity contribution in [2.75, 3.05) is 12.4 Å². The van der Waals surface area contributed by atoms with Crippen LogP contribution < -0.4 is 10.1 Å². The van der Waals surface area contributed by atoms with Crippen molar-refractivity contribution in [3.8, 4) is 23.0 Å². The maximum atomic E-state index is 13.9. The number of hydrogen-bond acceptors (Lipinski definition) is 6. The molecule has 0 bridgehead atoms. The fraction of sp³-hybridized carbons (Fsp3) is 0.174. The zero-order chi connectivity index (χ0) is 23.1. The molecule has 5 rings (SSSR count). The Hall–Kier alpha value is -4.21. The van der Waals surface area contributed by atoms with Crippen molar-refractivity contribution in [3.63, 3.8) is 0 Å². The van der Waals surface area contributed by atoms with Crippen LogP contribution >= 0.6 is 0 Å². The van der Waals surface area contributed by atoms with Gasteiger partial charge in [0.2, 0.25) is 5.91 Å². The van der Waals surface area contributed by atoms with Crippen LogP contribution in [-0.4, -0.2) is 38.0 Å². The minimum Gasteiger partial charge on any atom is -0.497 e. The second kappa shape index (κ2) is 8.05. The van der Waals surface area contributed by atoms with Crippen LogP contribution in [0.25, 0.3) is 17.2 Å². The van der Waals surface area contributed by atoms with E-state index in [-0.39, 0.29) is 18.3 Å². The van der Waals surface area contributed by atoms with E-state index in [9.17, 15) is 13.6 Å². The molecule has 8 nitrogen and oxygen atoms in total. The highest BCUT2D eigenvalue weighted by molar-refractivity contribution is 5.95. The second-order valence-electron chi connectivity index (χ2n) is 7.64. The third kappa shape index (κ3) is 3.79. The largest absolute Gasteiger partial charge is 0.497 e. The summed E-state index contributed by atoms with van der Waals surface area (Å²) >= 11 is 0. The number of halogens is 2. The molecule has 0 unspecified atom stereocenters. The first-order chi connectivity index (χ1) is 15.9. The van der Waals surface area contributed by atoms with Crippen molar-refractivity contribution < 1.29 is 18.3 Å². The first-order valence-corrected chi connectivity index (χ1v) is 10.1. The number of ether oxygens (including phenoxy) is 1. The zero-order valence-electron chi connectivity index (χ0n) is 17.7. The second-order valence-corrected chi connectivity index (χ2v) is 7.64. The molecular formula is C23H18F2N6O2. The number of anilines is 1. The van der Waals surface area contributed by atoms with E-state index in [2.05, 4.69) is 25.6 Å². The lowest BCUT2D eigenvalue weighted by molar-refractivity contribution is -0.116. The van der Waals surface area contributed by atoms with Crippen LogP contribution in [0.1, 0.15) is 29.2 Å². The zero-order valence-corrected chi connectivity index (χ0v) is 17.7. The van der Waals surface area contributed by atoms with Crippen LogP contribution in [0.4, 0.5) is 14.6 Å². The van der Waals surface area contributed by atoms with E-state index in [1.807, 2.05) is 12.1 Å². The predicted octanol–water partition coefficient (Wildman–Crippen LogP) is 3.79. The number of carbonyl (C=O) groups is 1. The molecule has 0 spiro atoms. The number of nitrogens with one attached hydrogen (secondary N) is 1. The summed E-state index contributed by atoms with van der Waals surface area (Å²) < 4.78 is 34.3. The molecule has 0 radical (unpaired) electrons. The van der Waals surface area contributed by atoms with E-state index < -0.39 is 17.6 Å². The Labute approximate surface area is 187 Å². The predicted molar refractivity (Wildman–Crippen MR) is 115 cm³/mol. The molecule has 2 aromatic carbocycles. The number of nitrogens with zero attached hydrogens (tertiary/aromatic N) is 5. The van der Waals surface area contributed by atoms with Gasteiger partial charge in [-0.2, -0.15) is 14.9 Å². The van der Waals surface area contributed by atoms with E-state index in [0.29, 0.717) is 34.1 Å². The summed E-state index contributed by atoms with van der Waals surface area (Å²) in [6.45, 7) is 1.76. The number of methoxy groups -OCH3 is 1. The molecule has 10 heteroatoms. The Morgan fingerprint density at radius 2 is 1.85 bits per heavy atom. The topological polar surface area (TPSA) is 94.8 Å². The molecule has 1 N–H and O–H groups in total. The smallest absolute Gasteiger partial charge is 0.272 e. The Morgan fingerprint density at radius 3 is 2.55 bits per heavy atom. The maximum absolute atomic E-state index is 13.9. The van der Waals surface area contributed by atoms with Gasteiger partial charge in [-0.05, 0) is 48.9 Å². The molecule has 1 atom stereocenters. The number of benzene rings is 2. The average molecular weight is 448 g/mol. The monoisotopic (exact) mass is 448 g/mol. The number of fused-ring (bicyclic) bond motifs is 1. The number of aryl methyl sites for hydroxylation is 1. The number of rotatable bonds is 4. The fourth-order valence-corrected chi connectivity index (χ4v) is 4.04. The normalized spacial score (nSPS) is 15.2. The molecule has 33 heavy (non-hydrogen) atoms. The van der Waals surface area contributed by atoms with Crippen LogP contribution in [0.5, 0.6) is 5.75 Å². The SMILES string of the molecule is COc1ccc(-c2cnnc(-n3nc(C)c4c3NC(=O)C[C@H]4c3cc(F)cc(F)c3)n2)cc1. The Bertz CT molecular complexity index is 1350. The van der Waals surface area contributed by atoms with Crippen molar-refractivity contribution in [1.29, 1.82) is 0 Å². The Morgan fingerprint density at radius 1 is 1.12 bits per heavy atom. The molecule has 1 amide bonds. The number of carbonyl (C=O) groups excluding carboxylic acids is 1. The number of hydrogen-bond donors (Lipinski definition) is 1. The first-order valence-electron chi connectivity index (χ1n) is 10.1. The Balaban J connectivity index is 1.60. The summed E-state index contributed by atoms with van der Waals surface area (Å²) in [7, 11) is 1.59. The first kappa shape index (κ1) is 20.7. The van der Waals surface area contributed by atoms with Crippen LogP contribution in [-0.2, 0) is 4.79 Å². The summed E-state index contributed by atoms with van der Waals surface area (Å²) in [6, 6.07) is 10.6. The summed E-state index contributed by atoms with van der Waals surface area (Å²) in [5.74, 6) is -1.07. The number of aromatic nitrogens is 5. The molecule has 1 aliphatic heterocycles. The molecule has 0 saturated carbocycles. The van der Waals surface area contributed by atoms with E-state index >= 15 is 0 Å². The van der Waals surface area contributed by atoms with Crippen molar-refractivity contribution in [1.82, 2.24) is 25.0 Å². The van der Waals surface area contributed by atoms with E-state index in [4.69, 9.17) is 4.74 Å². The quantitative estimate of drug-likeness (QED) is 0.510. The fourth-order valence-electron chi connectivity index (χ4n) is 4.04. The van der Waals surface area contributed by atoms with Gasteiger partial charge in [-0.15, -0.1) is 5.10 Å². The molecule has 4 aromatic rings. The van der Waals surface area contributed by atoms with Gasteiger partial charge < -0.3 is 10.1 Å². The van der Waals surface area contributed by atoms with E-state index in [1.165, 1.54) is 23.0 Å². The van der Waals surface area contributed by atoms with Crippen molar-refractivity contribution >= 4 is 11.7 Å². The Kier molecular flexibility index (Phi) is 5.04. The van der Waals surface area contributed by atoms with Gasteiger partial charge in [0.25, 0.3) is 5.95 Å². The van der Waals surface area contributed by atoms with E-state index in [0.717, 1.165) is 11.6 Å². The van der Waals surface area contributed by atoms with Crippen molar-refractivity contribution in [2.24, 2.45) is 0 Å². The highest BCUT2D eigenvalue weighted by Gasteiger charge is 2.33. The average Bonchev–Trinajstić information content (AvgIpc) is 3.14.